The van der Waals surface area contributed by atoms with Crippen molar-refractivity contribution in [3.05, 3.63) is 52.2 Å². The van der Waals surface area contributed by atoms with E-state index >= 15 is 0 Å². The molecule has 6 heteroatoms. The van der Waals surface area contributed by atoms with E-state index in [0.29, 0.717) is 9.87 Å². The highest BCUT2D eigenvalue weighted by molar-refractivity contribution is 7.80. The minimum atomic E-state index is -0.0959. The van der Waals surface area contributed by atoms with Gasteiger partial charge in [0, 0.05) is 20.7 Å². The molecule has 0 aliphatic rings. The van der Waals surface area contributed by atoms with Crippen molar-refractivity contribution in [2.75, 3.05) is 5.32 Å². The molecule has 0 fully saturated rings. The van der Waals surface area contributed by atoms with Gasteiger partial charge < -0.3 is 11.1 Å². The molecule has 0 saturated carbocycles. The van der Waals surface area contributed by atoms with E-state index in [1.165, 1.54) is 11.3 Å². The Balaban J connectivity index is 1.78. The van der Waals surface area contributed by atoms with Gasteiger partial charge in [-0.1, -0.05) is 12.2 Å². The maximum absolute atomic E-state index is 12.2. The zero-order valence-corrected chi connectivity index (χ0v) is 12.7. The number of fused-ring (bicyclic) bond motifs is 1. The van der Waals surface area contributed by atoms with E-state index in [9.17, 15) is 4.79 Å². The smallest absolute Gasteiger partial charge is 0.265 e. The first-order valence-corrected chi connectivity index (χ1v) is 7.92. The molecule has 3 N–H and O–H groups in total. The number of nitrogens with one attached hydrogen (secondary N) is 1. The fraction of sp³-hybridized carbons (Fsp3) is 0. The lowest BCUT2D eigenvalue weighted by Gasteiger charge is -2.04. The zero-order chi connectivity index (χ0) is 14.1. The largest absolute Gasteiger partial charge is 0.389 e. The fourth-order valence-corrected chi connectivity index (χ4v) is 3.93. The number of carbonyl (C=O) groups excluding carboxylic acids is 1. The fourth-order valence-electron chi connectivity index (χ4n) is 1.79. The predicted octanol–water partition coefficient (Wildman–Crippen LogP) is 3.85. The lowest BCUT2D eigenvalue weighted by molar-refractivity contribution is 0.103. The Bertz CT molecular complexity index is 758. The molecule has 0 saturated heterocycles. The lowest BCUT2D eigenvalue weighted by Crippen LogP contribution is -2.11. The SMILES string of the molecule is NC(=S)c1ccc(NC(=O)c2cc3sccc3s2)cc1. The maximum Gasteiger partial charge on any atom is 0.265 e. The van der Waals surface area contributed by atoms with Crippen molar-refractivity contribution in [1.29, 1.82) is 0 Å². The molecule has 1 amide bonds. The molecule has 0 bridgehead atoms. The lowest BCUT2D eigenvalue weighted by atomic mass is 10.2. The summed E-state index contributed by atoms with van der Waals surface area (Å²) in [7, 11) is 0. The quantitative estimate of drug-likeness (QED) is 0.721. The van der Waals surface area contributed by atoms with Gasteiger partial charge in [-0.25, -0.2) is 0 Å². The number of hydrogen-bond donors (Lipinski definition) is 2. The number of carbonyl (C=O) groups is 1. The van der Waals surface area contributed by atoms with Crippen molar-refractivity contribution >= 4 is 60.9 Å². The zero-order valence-electron chi connectivity index (χ0n) is 10.3. The maximum atomic E-state index is 12.2. The van der Waals surface area contributed by atoms with Gasteiger partial charge in [0.05, 0.1) is 4.88 Å². The van der Waals surface area contributed by atoms with Crippen LogP contribution in [0.1, 0.15) is 15.2 Å². The van der Waals surface area contributed by atoms with Gasteiger partial charge in [0.15, 0.2) is 0 Å². The highest BCUT2D eigenvalue weighted by Crippen LogP contribution is 2.30. The van der Waals surface area contributed by atoms with Crippen LogP contribution in [-0.4, -0.2) is 10.9 Å². The van der Waals surface area contributed by atoms with Gasteiger partial charge in [0.25, 0.3) is 5.91 Å². The Labute approximate surface area is 129 Å². The summed E-state index contributed by atoms with van der Waals surface area (Å²) in [6.45, 7) is 0. The predicted molar refractivity (Wildman–Crippen MR) is 90.0 cm³/mol. The van der Waals surface area contributed by atoms with Crippen molar-refractivity contribution in [2.24, 2.45) is 5.73 Å². The van der Waals surface area contributed by atoms with Crippen molar-refractivity contribution in [3.63, 3.8) is 0 Å². The van der Waals surface area contributed by atoms with E-state index in [1.54, 1.807) is 35.6 Å². The molecule has 0 aliphatic carbocycles. The van der Waals surface area contributed by atoms with Gasteiger partial charge in [-0.2, -0.15) is 0 Å². The van der Waals surface area contributed by atoms with Crippen LogP contribution in [-0.2, 0) is 0 Å². The second kappa shape index (κ2) is 5.32. The molecule has 2 heterocycles. The number of thiocarbonyl (C=S) groups is 1. The third-order valence-corrected chi connectivity index (χ3v) is 5.12. The number of benzene rings is 1. The summed E-state index contributed by atoms with van der Waals surface area (Å²) in [5, 5.41) is 4.89. The van der Waals surface area contributed by atoms with Crippen LogP contribution >= 0.6 is 34.9 Å². The molecule has 2 aromatic heterocycles. The highest BCUT2D eigenvalue weighted by Gasteiger charge is 2.11. The number of nitrogens with two attached hydrogens (primary N) is 1. The monoisotopic (exact) mass is 318 g/mol. The molecule has 0 radical (unpaired) electrons. The van der Waals surface area contributed by atoms with Crippen molar-refractivity contribution in [3.8, 4) is 0 Å². The number of hydrogen-bond acceptors (Lipinski definition) is 4. The van der Waals surface area contributed by atoms with Crippen LogP contribution in [0.4, 0.5) is 5.69 Å². The number of anilines is 1. The molecule has 3 aromatic rings. The average molecular weight is 318 g/mol. The van der Waals surface area contributed by atoms with Gasteiger partial charge in [-0.15, -0.1) is 22.7 Å². The van der Waals surface area contributed by atoms with Crippen LogP contribution in [0.3, 0.4) is 0 Å². The summed E-state index contributed by atoms with van der Waals surface area (Å²) in [4.78, 5) is 13.2. The molecule has 0 unspecified atom stereocenters. The van der Waals surface area contributed by atoms with Crippen LogP contribution in [0, 0.1) is 0 Å². The van der Waals surface area contributed by atoms with Crippen molar-refractivity contribution in [1.82, 2.24) is 0 Å². The van der Waals surface area contributed by atoms with Gasteiger partial charge in [-0.3, -0.25) is 4.79 Å². The Morgan fingerprint density at radius 1 is 1.15 bits per heavy atom. The van der Waals surface area contributed by atoms with E-state index < -0.39 is 0 Å². The third-order valence-electron chi connectivity index (χ3n) is 2.79. The summed E-state index contributed by atoms with van der Waals surface area (Å²) in [5.74, 6) is -0.0959. The van der Waals surface area contributed by atoms with Crippen LogP contribution in [0.15, 0.2) is 41.8 Å². The normalized spacial score (nSPS) is 10.6. The standard InChI is InChI=1S/C14H10N2OS3/c15-13(18)8-1-3-9(4-2-8)16-14(17)12-7-11-10(20-12)5-6-19-11/h1-7H,(H2,15,18)(H,16,17). The summed E-state index contributed by atoms with van der Waals surface area (Å²) in [5.41, 5.74) is 7.05. The minimum Gasteiger partial charge on any atom is -0.389 e. The van der Waals surface area contributed by atoms with E-state index in [1.807, 2.05) is 17.5 Å². The van der Waals surface area contributed by atoms with E-state index in [0.717, 1.165) is 20.7 Å². The third kappa shape index (κ3) is 2.58. The molecular formula is C14H10N2OS3. The second-order valence-electron chi connectivity index (χ2n) is 4.16. The summed E-state index contributed by atoms with van der Waals surface area (Å²) in [6, 6.07) is 11.1. The molecule has 3 nitrogen and oxygen atoms in total. The summed E-state index contributed by atoms with van der Waals surface area (Å²) < 4.78 is 2.29. The first kappa shape index (κ1) is 13.2. The van der Waals surface area contributed by atoms with Gasteiger partial charge in [0.1, 0.15) is 4.99 Å². The molecular weight excluding hydrogens is 308 g/mol. The number of amides is 1. The van der Waals surface area contributed by atoms with Crippen LogP contribution in [0.2, 0.25) is 0 Å². The van der Waals surface area contributed by atoms with Crippen molar-refractivity contribution in [2.45, 2.75) is 0 Å². The Morgan fingerprint density at radius 3 is 2.55 bits per heavy atom. The molecule has 0 atom stereocenters. The summed E-state index contributed by atoms with van der Waals surface area (Å²) >= 11 is 8.03. The molecule has 0 spiro atoms. The Kier molecular flexibility index (Phi) is 3.52. The van der Waals surface area contributed by atoms with E-state index in [4.69, 9.17) is 18.0 Å². The topological polar surface area (TPSA) is 55.1 Å². The molecule has 100 valence electrons. The summed E-state index contributed by atoms with van der Waals surface area (Å²) in [6.07, 6.45) is 0. The van der Waals surface area contributed by atoms with Crippen LogP contribution < -0.4 is 11.1 Å². The molecule has 1 aromatic carbocycles. The van der Waals surface area contributed by atoms with E-state index in [2.05, 4.69) is 5.32 Å². The second-order valence-corrected chi connectivity index (χ2v) is 6.63. The molecule has 3 rings (SSSR count). The minimum absolute atomic E-state index is 0.0959. The van der Waals surface area contributed by atoms with Crippen LogP contribution in [0.5, 0.6) is 0 Å². The Morgan fingerprint density at radius 2 is 1.90 bits per heavy atom. The van der Waals surface area contributed by atoms with Crippen molar-refractivity contribution < 1.29 is 4.79 Å². The first-order chi connectivity index (χ1) is 9.63. The Hall–Kier alpha value is -1.76. The molecule has 20 heavy (non-hydrogen) atoms. The van der Waals surface area contributed by atoms with Crippen LogP contribution in [0.25, 0.3) is 9.40 Å². The average Bonchev–Trinajstić information content (AvgIpc) is 2.99. The van der Waals surface area contributed by atoms with Gasteiger partial charge >= 0.3 is 0 Å². The number of thiophene rings is 2. The van der Waals surface area contributed by atoms with Gasteiger partial charge in [-0.05, 0) is 41.8 Å². The van der Waals surface area contributed by atoms with Gasteiger partial charge in [0.2, 0.25) is 0 Å². The molecule has 0 aliphatic heterocycles. The number of rotatable bonds is 3. The van der Waals surface area contributed by atoms with E-state index in [-0.39, 0.29) is 5.91 Å². The highest BCUT2D eigenvalue weighted by atomic mass is 32.1. The first-order valence-electron chi connectivity index (χ1n) is 5.82.